The van der Waals surface area contributed by atoms with E-state index in [9.17, 15) is 9.59 Å². The van der Waals surface area contributed by atoms with Gasteiger partial charge < -0.3 is 10.6 Å². The van der Waals surface area contributed by atoms with Gasteiger partial charge in [0.2, 0.25) is 0 Å². The van der Waals surface area contributed by atoms with E-state index in [0.717, 1.165) is 6.42 Å². The summed E-state index contributed by atoms with van der Waals surface area (Å²) < 4.78 is 0. The summed E-state index contributed by atoms with van der Waals surface area (Å²) in [5.41, 5.74) is 1.82. The number of hydrogen-bond acceptors (Lipinski definition) is 2. The zero-order chi connectivity index (χ0) is 12.8. The van der Waals surface area contributed by atoms with Gasteiger partial charge in [0.1, 0.15) is 0 Å². The van der Waals surface area contributed by atoms with E-state index in [2.05, 4.69) is 17.6 Å². The fraction of sp³-hybridized carbons (Fsp3) is 0.385. The van der Waals surface area contributed by atoms with E-state index in [1.807, 2.05) is 12.1 Å². The predicted octanol–water partition coefficient (Wildman–Crippen LogP) is 1.71. The molecule has 0 spiro atoms. The molecule has 4 heteroatoms. The number of carbonyl (C=O) groups is 2. The zero-order valence-electron chi connectivity index (χ0n) is 10.4. The Bertz CT molecular complexity index is 396. The molecule has 1 aromatic carbocycles. The first kappa shape index (κ1) is 13.2. The smallest absolute Gasteiger partial charge is 0.313 e. The van der Waals surface area contributed by atoms with Gasteiger partial charge in [-0.15, -0.1) is 0 Å². The van der Waals surface area contributed by atoms with Crippen LogP contribution in [0.15, 0.2) is 24.3 Å². The minimum absolute atomic E-state index is 0.0456. The third-order valence-corrected chi connectivity index (χ3v) is 2.25. The van der Waals surface area contributed by atoms with Crippen LogP contribution in [-0.2, 0) is 16.0 Å². The van der Waals surface area contributed by atoms with Gasteiger partial charge in [-0.1, -0.05) is 19.1 Å². The van der Waals surface area contributed by atoms with Crippen molar-refractivity contribution in [3.63, 3.8) is 0 Å². The first-order valence-electron chi connectivity index (χ1n) is 5.73. The van der Waals surface area contributed by atoms with Gasteiger partial charge in [0.25, 0.3) is 0 Å². The Balaban J connectivity index is 2.58. The van der Waals surface area contributed by atoms with E-state index in [4.69, 9.17) is 0 Å². The van der Waals surface area contributed by atoms with Gasteiger partial charge in [0.05, 0.1) is 0 Å². The standard InChI is InChI=1S/C13H18N2O2/c1-4-10-5-7-11(8-6-10)15-13(17)12(16)14-9(2)3/h5-9H,4H2,1-3H3,(H,14,16)(H,15,17). The number of aryl methyl sites for hydroxylation is 1. The van der Waals surface area contributed by atoms with Crippen LogP contribution < -0.4 is 10.6 Å². The normalized spacial score (nSPS) is 10.1. The molecule has 0 aliphatic rings. The summed E-state index contributed by atoms with van der Waals surface area (Å²) in [6, 6.07) is 7.39. The van der Waals surface area contributed by atoms with Gasteiger partial charge in [-0.2, -0.15) is 0 Å². The Kier molecular flexibility index (Phi) is 4.69. The highest BCUT2D eigenvalue weighted by molar-refractivity contribution is 6.39. The highest BCUT2D eigenvalue weighted by Gasteiger charge is 2.13. The molecule has 0 aliphatic carbocycles. The minimum atomic E-state index is -0.636. The molecule has 1 rings (SSSR count). The fourth-order valence-corrected chi connectivity index (χ4v) is 1.34. The average Bonchev–Trinajstić information content (AvgIpc) is 2.29. The molecule has 0 saturated carbocycles. The first-order valence-corrected chi connectivity index (χ1v) is 5.73. The summed E-state index contributed by atoms with van der Waals surface area (Å²) in [5, 5.41) is 5.08. The van der Waals surface area contributed by atoms with E-state index in [-0.39, 0.29) is 6.04 Å². The summed E-state index contributed by atoms with van der Waals surface area (Å²) in [5.74, 6) is -1.25. The first-order chi connectivity index (χ1) is 8.02. The molecule has 0 atom stereocenters. The summed E-state index contributed by atoms with van der Waals surface area (Å²) in [7, 11) is 0. The van der Waals surface area contributed by atoms with Crippen molar-refractivity contribution < 1.29 is 9.59 Å². The van der Waals surface area contributed by atoms with Crippen molar-refractivity contribution >= 4 is 17.5 Å². The van der Waals surface area contributed by atoms with Crippen molar-refractivity contribution in [3.8, 4) is 0 Å². The van der Waals surface area contributed by atoms with E-state index < -0.39 is 11.8 Å². The number of rotatable bonds is 3. The summed E-state index contributed by atoms with van der Waals surface area (Å²) in [6.45, 7) is 5.67. The van der Waals surface area contributed by atoms with E-state index >= 15 is 0 Å². The fourth-order valence-electron chi connectivity index (χ4n) is 1.34. The number of benzene rings is 1. The molecule has 17 heavy (non-hydrogen) atoms. The van der Waals surface area contributed by atoms with Crippen LogP contribution in [-0.4, -0.2) is 17.9 Å². The van der Waals surface area contributed by atoms with Crippen molar-refractivity contribution in [2.45, 2.75) is 33.2 Å². The van der Waals surface area contributed by atoms with Gasteiger partial charge in [0.15, 0.2) is 0 Å². The maximum absolute atomic E-state index is 11.5. The maximum atomic E-state index is 11.5. The lowest BCUT2D eigenvalue weighted by Crippen LogP contribution is -2.39. The molecule has 0 aliphatic heterocycles. The van der Waals surface area contributed by atoms with Crippen LogP contribution in [0.4, 0.5) is 5.69 Å². The van der Waals surface area contributed by atoms with Crippen molar-refractivity contribution in [2.75, 3.05) is 5.32 Å². The van der Waals surface area contributed by atoms with Gasteiger partial charge in [-0.05, 0) is 38.0 Å². The molecule has 0 fully saturated rings. The van der Waals surface area contributed by atoms with Crippen LogP contribution in [0.1, 0.15) is 26.3 Å². The van der Waals surface area contributed by atoms with Crippen LogP contribution in [0.3, 0.4) is 0 Å². The molecule has 1 aromatic rings. The van der Waals surface area contributed by atoms with Gasteiger partial charge >= 0.3 is 11.8 Å². The van der Waals surface area contributed by atoms with Crippen molar-refractivity contribution in [1.29, 1.82) is 0 Å². The highest BCUT2D eigenvalue weighted by Crippen LogP contribution is 2.09. The number of anilines is 1. The molecule has 0 unspecified atom stereocenters. The molecule has 2 N–H and O–H groups in total. The molecule has 0 heterocycles. The number of hydrogen-bond donors (Lipinski definition) is 2. The Morgan fingerprint density at radius 2 is 1.71 bits per heavy atom. The summed E-state index contributed by atoms with van der Waals surface area (Å²) >= 11 is 0. The second-order valence-corrected chi connectivity index (χ2v) is 4.13. The van der Waals surface area contributed by atoms with E-state index in [1.54, 1.807) is 26.0 Å². The second-order valence-electron chi connectivity index (χ2n) is 4.13. The third kappa shape index (κ3) is 4.26. The number of carbonyl (C=O) groups excluding carboxylic acids is 2. The molecule has 0 saturated heterocycles. The Labute approximate surface area is 101 Å². The van der Waals surface area contributed by atoms with E-state index in [0.29, 0.717) is 5.69 Å². The molecular weight excluding hydrogens is 216 g/mol. The molecule has 4 nitrogen and oxygen atoms in total. The lowest BCUT2D eigenvalue weighted by atomic mass is 10.1. The predicted molar refractivity (Wildman–Crippen MR) is 67.7 cm³/mol. The van der Waals surface area contributed by atoms with Crippen LogP contribution in [0.2, 0.25) is 0 Å². The zero-order valence-corrected chi connectivity index (χ0v) is 10.4. The lowest BCUT2D eigenvalue weighted by Gasteiger charge is -2.08. The van der Waals surface area contributed by atoms with Gasteiger partial charge in [-0.25, -0.2) is 0 Å². The highest BCUT2D eigenvalue weighted by atomic mass is 16.2. The third-order valence-electron chi connectivity index (χ3n) is 2.25. The van der Waals surface area contributed by atoms with Gasteiger partial charge in [-0.3, -0.25) is 9.59 Å². The number of amides is 2. The van der Waals surface area contributed by atoms with Crippen LogP contribution in [0, 0.1) is 0 Å². The summed E-state index contributed by atoms with van der Waals surface area (Å²) in [4.78, 5) is 22.8. The van der Waals surface area contributed by atoms with E-state index in [1.165, 1.54) is 5.56 Å². The lowest BCUT2D eigenvalue weighted by molar-refractivity contribution is -0.136. The molecule has 0 bridgehead atoms. The molecule has 0 aromatic heterocycles. The maximum Gasteiger partial charge on any atom is 0.313 e. The van der Waals surface area contributed by atoms with Crippen molar-refractivity contribution in [1.82, 2.24) is 5.32 Å². The molecule has 2 amide bonds. The number of nitrogens with one attached hydrogen (secondary N) is 2. The van der Waals surface area contributed by atoms with Crippen LogP contribution in [0.5, 0.6) is 0 Å². The largest absolute Gasteiger partial charge is 0.346 e. The molecular formula is C13H18N2O2. The van der Waals surface area contributed by atoms with Crippen molar-refractivity contribution in [3.05, 3.63) is 29.8 Å². The Morgan fingerprint density at radius 3 is 2.18 bits per heavy atom. The second kappa shape index (κ2) is 6.03. The van der Waals surface area contributed by atoms with Crippen molar-refractivity contribution in [2.24, 2.45) is 0 Å². The molecule has 92 valence electrons. The van der Waals surface area contributed by atoms with Crippen LogP contribution >= 0.6 is 0 Å². The SMILES string of the molecule is CCc1ccc(NC(=O)C(=O)NC(C)C)cc1. The average molecular weight is 234 g/mol. The summed E-state index contributed by atoms with van der Waals surface area (Å²) in [6.07, 6.45) is 0.946. The molecule has 0 radical (unpaired) electrons. The Morgan fingerprint density at radius 1 is 1.12 bits per heavy atom. The van der Waals surface area contributed by atoms with Crippen LogP contribution in [0.25, 0.3) is 0 Å². The quantitative estimate of drug-likeness (QED) is 0.782. The van der Waals surface area contributed by atoms with Gasteiger partial charge in [0, 0.05) is 11.7 Å². The topological polar surface area (TPSA) is 58.2 Å². The monoisotopic (exact) mass is 234 g/mol. The Hall–Kier alpha value is -1.84. The minimum Gasteiger partial charge on any atom is -0.346 e.